The SMILES string of the molecule is C=C/C(=C\C=C(C)C)CCC1CNCCc2c1n(C)c1ccc(C)cc21.CCCC. The molecule has 1 unspecified atom stereocenters. The average Bonchev–Trinajstić information content (AvgIpc) is 2.88. The van der Waals surface area contributed by atoms with E-state index in [2.05, 4.69) is 88.5 Å². The Hall–Kier alpha value is -2.06. The maximum Gasteiger partial charge on any atom is 0.0483 e. The van der Waals surface area contributed by atoms with Gasteiger partial charge >= 0.3 is 0 Å². The Balaban J connectivity index is 0.000000735. The zero-order valence-corrected chi connectivity index (χ0v) is 20.1. The molecule has 0 spiro atoms. The van der Waals surface area contributed by atoms with Crippen molar-refractivity contribution in [3.63, 3.8) is 0 Å². The van der Waals surface area contributed by atoms with E-state index in [0.29, 0.717) is 5.92 Å². The number of aromatic nitrogens is 1. The summed E-state index contributed by atoms with van der Waals surface area (Å²) >= 11 is 0. The third-order valence-corrected chi connectivity index (χ3v) is 6.01. The highest BCUT2D eigenvalue weighted by atomic mass is 15.0. The van der Waals surface area contributed by atoms with Crippen LogP contribution in [-0.4, -0.2) is 17.7 Å². The van der Waals surface area contributed by atoms with Crippen LogP contribution in [0, 0.1) is 6.92 Å². The third-order valence-electron chi connectivity index (χ3n) is 6.01. The van der Waals surface area contributed by atoms with Crippen LogP contribution in [0.25, 0.3) is 10.9 Å². The Kier molecular flexibility index (Phi) is 9.65. The molecule has 0 saturated heterocycles. The van der Waals surface area contributed by atoms with E-state index in [1.165, 1.54) is 46.1 Å². The van der Waals surface area contributed by atoms with Crippen molar-refractivity contribution in [1.29, 1.82) is 0 Å². The molecule has 0 fully saturated rings. The summed E-state index contributed by atoms with van der Waals surface area (Å²) < 4.78 is 2.44. The second-order valence-electron chi connectivity index (χ2n) is 8.82. The molecule has 164 valence electrons. The van der Waals surface area contributed by atoms with Gasteiger partial charge in [-0.2, -0.15) is 0 Å². The van der Waals surface area contributed by atoms with Gasteiger partial charge in [-0.05, 0) is 69.8 Å². The van der Waals surface area contributed by atoms with E-state index in [4.69, 9.17) is 0 Å². The van der Waals surface area contributed by atoms with Crippen LogP contribution < -0.4 is 5.32 Å². The first-order valence-electron chi connectivity index (χ1n) is 11.7. The van der Waals surface area contributed by atoms with Crippen molar-refractivity contribution in [2.24, 2.45) is 7.05 Å². The van der Waals surface area contributed by atoms with Gasteiger partial charge < -0.3 is 9.88 Å². The smallest absolute Gasteiger partial charge is 0.0483 e. The number of aryl methyl sites for hydroxylation is 2. The van der Waals surface area contributed by atoms with Gasteiger partial charge in [0.05, 0.1) is 0 Å². The highest BCUT2D eigenvalue weighted by Gasteiger charge is 2.24. The lowest BCUT2D eigenvalue weighted by Gasteiger charge is -2.18. The van der Waals surface area contributed by atoms with E-state index in [1.54, 1.807) is 5.56 Å². The van der Waals surface area contributed by atoms with Crippen LogP contribution in [0.2, 0.25) is 0 Å². The predicted octanol–water partition coefficient (Wildman–Crippen LogP) is 7.38. The minimum atomic E-state index is 0.542. The summed E-state index contributed by atoms with van der Waals surface area (Å²) in [6.45, 7) is 17.0. The van der Waals surface area contributed by atoms with Crippen molar-refractivity contribution in [3.8, 4) is 0 Å². The van der Waals surface area contributed by atoms with E-state index >= 15 is 0 Å². The topological polar surface area (TPSA) is 17.0 Å². The Bertz CT molecular complexity index is 889. The number of hydrogen-bond donors (Lipinski definition) is 1. The first-order chi connectivity index (χ1) is 14.4. The highest BCUT2D eigenvalue weighted by molar-refractivity contribution is 5.86. The fourth-order valence-electron chi connectivity index (χ4n) is 4.13. The first-order valence-corrected chi connectivity index (χ1v) is 11.7. The monoisotopic (exact) mass is 406 g/mol. The van der Waals surface area contributed by atoms with Crippen molar-refractivity contribution >= 4 is 10.9 Å². The molecule has 30 heavy (non-hydrogen) atoms. The lowest BCUT2D eigenvalue weighted by Crippen LogP contribution is -2.21. The standard InChI is InChI=1S/C24H32N2.C4H10/c1-6-19(9-7-17(2)3)10-11-20-16-25-14-13-21-22-15-18(4)8-12-23(22)26(5)24(20)21;1-3-4-2/h6-9,12,15,20,25H,1,10-11,13-14,16H2,2-5H3;3-4H2,1-2H3/b19-9+;. The maximum atomic E-state index is 4.01. The van der Waals surface area contributed by atoms with Crippen molar-refractivity contribution in [1.82, 2.24) is 9.88 Å². The number of unbranched alkanes of at least 4 members (excludes halogenated alkanes) is 1. The molecule has 3 rings (SSSR count). The summed E-state index contributed by atoms with van der Waals surface area (Å²) in [6, 6.07) is 6.88. The molecule has 1 aliphatic heterocycles. The second kappa shape index (κ2) is 12.0. The number of benzene rings is 1. The summed E-state index contributed by atoms with van der Waals surface area (Å²) in [4.78, 5) is 0. The Labute approximate surface area is 184 Å². The molecular weight excluding hydrogens is 364 g/mol. The molecule has 2 nitrogen and oxygen atoms in total. The summed E-state index contributed by atoms with van der Waals surface area (Å²) in [5.41, 5.74) is 8.45. The minimum absolute atomic E-state index is 0.542. The van der Waals surface area contributed by atoms with Gasteiger partial charge in [-0.3, -0.25) is 0 Å². The van der Waals surface area contributed by atoms with Crippen molar-refractivity contribution in [2.45, 2.75) is 72.6 Å². The molecule has 2 aromatic rings. The molecule has 0 aliphatic carbocycles. The first kappa shape index (κ1) is 24.2. The van der Waals surface area contributed by atoms with Crippen molar-refractivity contribution in [2.75, 3.05) is 13.1 Å². The number of nitrogens with one attached hydrogen (secondary N) is 1. The van der Waals surface area contributed by atoms with E-state index in [9.17, 15) is 0 Å². The fraction of sp³-hybridized carbons (Fsp3) is 0.500. The number of hydrogen-bond acceptors (Lipinski definition) is 1. The number of fused-ring (bicyclic) bond motifs is 3. The zero-order valence-electron chi connectivity index (χ0n) is 20.1. The minimum Gasteiger partial charge on any atom is -0.347 e. The second-order valence-corrected chi connectivity index (χ2v) is 8.82. The zero-order chi connectivity index (χ0) is 22.1. The lowest BCUT2D eigenvalue weighted by atomic mass is 9.93. The van der Waals surface area contributed by atoms with Gasteiger partial charge in [-0.15, -0.1) is 0 Å². The molecule has 0 radical (unpaired) electrons. The molecule has 1 aromatic heterocycles. The van der Waals surface area contributed by atoms with Gasteiger partial charge in [-0.1, -0.05) is 68.7 Å². The van der Waals surface area contributed by atoms with Crippen molar-refractivity contribution < 1.29 is 0 Å². The Morgan fingerprint density at radius 3 is 2.57 bits per heavy atom. The molecule has 1 atom stereocenters. The molecule has 0 saturated carbocycles. The largest absolute Gasteiger partial charge is 0.347 e. The van der Waals surface area contributed by atoms with Crippen LogP contribution in [-0.2, 0) is 13.5 Å². The van der Waals surface area contributed by atoms with Crippen LogP contribution in [0.4, 0.5) is 0 Å². The van der Waals surface area contributed by atoms with E-state index in [-0.39, 0.29) is 0 Å². The van der Waals surface area contributed by atoms with Gasteiger partial charge in [0.1, 0.15) is 0 Å². The van der Waals surface area contributed by atoms with E-state index in [0.717, 1.165) is 32.4 Å². The van der Waals surface area contributed by atoms with E-state index in [1.807, 2.05) is 6.08 Å². The summed E-state index contributed by atoms with van der Waals surface area (Å²) in [6.07, 6.45) is 12.4. The van der Waals surface area contributed by atoms with Gasteiger partial charge in [-0.25, -0.2) is 0 Å². The van der Waals surface area contributed by atoms with Crippen molar-refractivity contribution in [3.05, 3.63) is 71.0 Å². The summed E-state index contributed by atoms with van der Waals surface area (Å²) in [5.74, 6) is 0.542. The van der Waals surface area contributed by atoms with Gasteiger partial charge in [0.15, 0.2) is 0 Å². The quantitative estimate of drug-likeness (QED) is 0.495. The molecule has 2 heteroatoms. The third kappa shape index (κ3) is 6.22. The maximum absolute atomic E-state index is 4.01. The normalized spacial score (nSPS) is 16.3. The summed E-state index contributed by atoms with van der Waals surface area (Å²) in [5, 5.41) is 5.10. The Morgan fingerprint density at radius 2 is 1.93 bits per heavy atom. The van der Waals surface area contributed by atoms with Crippen LogP contribution in [0.1, 0.15) is 76.1 Å². The van der Waals surface area contributed by atoms with Gasteiger partial charge in [0.2, 0.25) is 0 Å². The van der Waals surface area contributed by atoms with Gasteiger partial charge in [0, 0.05) is 36.1 Å². The predicted molar refractivity (Wildman–Crippen MR) is 134 cm³/mol. The fourth-order valence-corrected chi connectivity index (χ4v) is 4.13. The van der Waals surface area contributed by atoms with E-state index < -0.39 is 0 Å². The molecule has 2 heterocycles. The summed E-state index contributed by atoms with van der Waals surface area (Å²) in [7, 11) is 2.24. The lowest BCUT2D eigenvalue weighted by molar-refractivity contribution is 0.551. The van der Waals surface area contributed by atoms with Crippen LogP contribution in [0.5, 0.6) is 0 Å². The van der Waals surface area contributed by atoms with Crippen LogP contribution >= 0.6 is 0 Å². The molecule has 1 aliphatic rings. The average molecular weight is 407 g/mol. The molecule has 0 bridgehead atoms. The number of allylic oxidation sites excluding steroid dienone is 5. The van der Waals surface area contributed by atoms with Gasteiger partial charge in [0.25, 0.3) is 0 Å². The molecule has 1 aromatic carbocycles. The highest BCUT2D eigenvalue weighted by Crippen LogP contribution is 2.35. The molecular formula is C28H42N2. The molecule has 1 N–H and O–H groups in total. The van der Waals surface area contributed by atoms with Crippen LogP contribution in [0.3, 0.4) is 0 Å². The Morgan fingerprint density at radius 1 is 1.20 bits per heavy atom. The molecule has 0 amide bonds. The van der Waals surface area contributed by atoms with Crippen LogP contribution in [0.15, 0.2) is 54.2 Å². The number of nitrogens with zero attached hydrogens (tertiary/aromatic N) is 1. The number of rotatable bonds is 6.